The molecule has 1 heterocycles. The van der Waals surface area contributed by atoms with E-state index in [-0.39, 0.29) is 19.0 Å². The fourth-order valence-electron chi connectivity index (χ4n) is 1.33. The highest BCUT2D eigenvalue weighted by Gasteiger charge is 2.06. The number of aromatic nitrogens is 3. The lowest BCUT2D eigenvalue weighted by molar-refractivity contribution is 0.263. The Kier molecular flexibility index (Phi) is 2.73. The summed E-state index contributed by atoms with van der Waals surface area (Å²) >= 11 is 0. The number of nitrogens with zero attached hydrogens (tertiary/aromatic N) is 3. The zero-order valence-electron chi connectivity index (χ0n) is 7.97. The van der Waals surface area contributed by atoms with Crippen molar-refractivity contribution in [1.82, 2.24) is 14.8 Å². The fourth-order valence-corrected chi connectivity index (χ4v) is 1.33. The van der Waals surface area contributed by atoms with E-state index in [0.29, 0.717) is 11.4 Å². The molecule has 0 amide bonds. The van der Waals surface area contributed by atoms with Gasteiger partial charge in [0.1, 0.15) is 18.8 Å². The van der Waals surface area contributed by atoms with Crippen molar-refractivity contribution in [3.05, 3.63) is 47.8 Å². The van der Waals surface area contributed by atoms with Gasteiger partial charge in [-0.15, -0.1) is 0 Å². The van der Waals surface area contributed by atoms with Gasteiger partial charge in [-0.3, -0.25) is 0 Å². The van der Waals surface area contributed by atoms with Gasteiger partial charge < -0.3 is 5.11 Å². The molecule has 15 heavy (non-hydrogen) atoms. The summed E-state index contributed by atoms with van der Waals surface area (Å²) in [4.78, 5) is 3.84. The molecule has 0 aliphatic rings. The molecule has 1 aromatic heterocycles. The molecule has 0 saturated heterocycles. The first-order chi connectivity index (χ1) is 7.31. The highest BCUT2D eigenvalue weighted by Crippen LogP contribution is 2.08. The molecular weight excluding hydrogens is 197 g/mol. The van der Waals surface area contributed by atoms with Crippen LogP contribution in [0, 0.1) is 5.82 Å². The lowest BCUT2D eigenvalue weighted by Crippen LogP contribution is -2.08. The Hall–Kier alpha value is -1.75. The van der Waals surface area contributed by atoms with E-state index in [4.69, 9.17) is 5.11 Å². The first-order valence-electron chi connectivity index (χ1n) is 4.52. The third-order valence-corrected chi connectivity index (χ3v) is 2.12. The van der Waals surface area contributed by atoms with Gasteiger partial charge in [0.05, 0.1) is 6.54 Å². The second-order valence-corrected chi connectivity index (χ2v) is 3.08. The minimum atomic E-state index is -0.281. The number of halogens is 1. The number of rotatable bonds is 3. The van der Waals surface area contributed by atoms with Gasteiger partial charge in [-0.1, -0.05) is 18.2 Å². The molecule has 0 aliphatic heterocycles. The van der Waals surface area contributed by atoms with Gasteiger partial charge >= 0.3 is 0 Å². The molecule has 0 unspecified atom stereocenters. The summed E-state index contributed by atoms with van der Waals surface area (Å²) in [6, 6.07) is 6.46. The molecule has 0 saturated carbocycles. The summed E-state index contributed by atoms with van der Waals surface area (Å²) in [6.45, 7) is 0.0804. The third kappa shape index (κ3) is 2.02. The fraction of sp³-hybridized carbons (Fsp3) is 0.200. The van der Waals surface area contributed by atoms with Crippen LogP contribution in [0.2, 0.25) is 0 Å². The molecule has 78 valence electrons. The molecule has 5 heteroatoms. The predicted octanol–water partition coefficient (Wildman–Crippen LogP) is 0.958. The Bertz CT molecular complexity index is 455. The number of aliphatic hydroxyl groups is 1. The molecule has 0 aliphatic carbocycles. The molecule has 1 aromatic carbocycles. The molecule has 0 bridgehead atoms. The average molecular weight is 207 g/mol. The van der Waals surface area contributed by atoms with Crippen molar-refractivity contribution in [3.63, 3.8) is 0 Å². The molecule has 0 atom stereocenters. The number of aliphatic hydroxyl groups excluding tert-OH is 1. The highest BCUT2D eigenvalue weighted by molar-refractivity contribution is 5.17. The van der Waals surface area contributed by atoms with E-state index in [1.165, 1.54) is 17.1 Å². The van der Waals surface area contributed by atoms with Crippen molar-refractivity contribution in [1.29, 1.82) is 0 Å². The van der Waals surface area contributed by atoms with Crippen LogP contribution in [-0.2, 0) is 13.2 Å². The maximum absolute atomic E-state index is 13.3. The second kappa shape index (κ2) is 4.18. The van der Waals surface area contributed by atoms with Crippen molar-refractivity contribution in [2.75, 3.05) is 0 Å². The van der Waals surface area contributed by atoms with E-state index >= 15 is 0 Å². The minimum Gasteiger partial charge on any atom is -0.388 e. The third-order valence-electron chi connectivity index (χ3n) is 2.12. The summed E-state index contributed by atoms with van der Waals surface area (Å²) in [5.41, 5.74) is 0.526. The van der Waals surface area contributed by atoms with E-state index in [1.807, 2.05) is 0 Å². The molecule has 4 nitrogen and oxygen atoms in total. The van der Waals surface area contributed by atoms with Crippen LogP contribution in [0.1, 0.15) is 11.4 Å². The zero-order valence-corrected chi connectivity index (χ0v) is 7.97. The molecule has 2 aromatic rings. The smallest absolute Gasteiger partial charge is 0.152 e. The Morgan fingerprint density at radius 3 is 2.87 bits per heavy atom. The van der Waals surface area contributed by atoms with Crippen molar-refractivity contribution >= 4 is 0 Å². The van der Waals surface area contributed by atoms with Crippen LogP contribution < -0.4 is 0 Å². The Labute approximate surface area is 86.0 Å². The van der Waals surface area contributed by atoms with Crippen molar-refractivity contribution in [2.24, 2.45) is 0 Å². The van der Waals surface area contributed by atoms with Gasteiger partial charge in [-0.25, -0.2) is 14.1 Å². The van der Waals surface area contributed by atoms with Gasteiger partial charge in [-0.2, -0.15) is 5.10 Å². The molecule has 1 N–H and O–H groups in total. The van der Waals surface area contributed by atoms with Crippen LogP contribution >= 0.6 is 0 Å². The quantitative estimate of drug-likeness (QED) is 0.815. The van der Waals surface area contributed by atoms with Crippen molar-refractivity contribution in [2.45, 2.75) is 13.2 Å². The monoisotopic (exact) mass is 207 g/mol. The van der Waals surface area contributed by atoms with Crippen LogP contribution in [0.4, 0.5) is 4.39 Å². The molecule has 2 rings (SSSR count). The zero-order chi connectivity index (χ0) is 10.7. The largest absolute Gasteiger partial charge is 0.388 e. The lowest BCUT2D eigenvalue weighted by Gasteiger charge is -2.04. The Balaban J connectivity index is 2.26. The maximum atomic E-state index is 13.3. The topological polar surface area (TPSA) is 50.9 Å². The standard InChI is InChI=1S/C10H10FN3O/c11-9-4-2-1-3-8(9)5-14-10(6-15)12-7-13-14/h1-4,7,15H,5-6H2. The summed E-state index contributed by atoms with van der Waals surface area (Å²) < 4.78 is 14.8. The van der Waals surface area contributed by atoms with Crippen molar-refractivity contribution in [3.8, 4) is 0 Å². The van der Waals surface area contributed by atoms with Crippen molar-refractivity contribution < 1.29 is 9.50 Å². The lowest BCUT2D eigenvalue weighted by atomic mass is 10.2. The van der Waals surface area contributed by atoms with E-state index in [1.54, 1.807) is 18.2 Å². The van der Waals surface area contributed by atoms with Crippen LogP contribution in [0.15, 0.2) is 30.6 Å². The van der Waals surface area contributed by atoms with E-state index in [2.05, 4.69) is 10.1 Å². The maximum Gasteiger partial charge on any atom is 0.152 e. The van der Waals surface area contributed by atoms with Gasteiger partial charge in [0.2, 0.25) is 0 Å². The first kappa shape index (κ1) is 9.79. The summed E-state index contributed by atoms with van der Waals surface area (Å²) in [7, 11) is 0. The van der Waals surface area contributed by atoms with Gasteiger partial charge in [-0.05, 0) is 6.07 Å². The average Bonchev–Trinajstić information content (AvgIpc) is 2.69. The Morgan fingerprint density at radius 2 is 2.13 bits per heavy atom. The number of hydrogen-bond donors (Lipinski definition) is 1. The Morgan fingerprint density at radius 1 is 1.33 bits per heavy atom. The first-order valence-corrected chi connectivity index (χ1v) is 4.52. The number of benzene rings is 1. The summed E-state index contributed by atoms with van der Waals surface area (Å²) in [5, 5.41) is 12.8. The van der Waals surface area contributed by atoms with Gasteiger partial charge in [0, 0.05) is 5.56 Å². The second-order valence-electron chi connectivity index (χ2n) is 3.08. The van der Waals surface area contributed by atoms with E-state index < -0.39 is 0 Å². The van der Waals surface area contributed by atoms with Gasteiger partial charge in [0.25, 0.3) is 0 Å². The molecule has 0 radical (unpaired) electrons. The molecular formula is C10H10FN3O. The number of hydrogen-bond acceptors (Lipinski definition) is 3. The molecule has 0 fully saturated rings. The van der Waals surface area contributed by atoms with Crippen LogP contribution in [0.5, 0.6) is 0 Å². The van der Waals surface area contributed by atoms with Crippen LogP contribution in [-0.4, -0.2) is 19.9 Å². The normalized spacial score (nSPS) is 10.5. The van der Waals surface area contributed by atoms with E-state index in [9.17, 15) is 4.39 Å². The van der Waals surface area contributed by atoms with Crippen LogP contribution in [0.3, 0.4) is 0 Å². The summed E-state index contributed by atoms with van der Waals surface area (Å²) in [6.07, 6.45) is 1.34. The minimum absolute atomic E-state index is 0.200. The van der Waals surface area contributed by atoms with Crippen LogP contribution in [0.25, 0.3) is 0 Å². The summed E-state index contributed by atoms with van der Waals surface area (Å²) in [5.74, 6) is 0.148. The molecule has 0 spiro atoms. The highest BCUT2D eigenvalue weighted by atomic mass is 19.1. The SMILES string of the molecule is OCc1ncnn1Cc1ccccc1F. The predicted molar refractivity (Wildman–Crippen MR) is 51.4 cm³/mol. The van der Waals surface area contributed by atoms with Gasteiger partial charge in [0.15, 0.2) is 5.82 Å². The van der Waals surface area contributed by atoms with E-state index in [0.717, 1.165) is 0 Å².